The zero-order chi connectivity index (χ0) is 28.8. The first-order chi connectivity index (χ1) is 19.3. The van der Waals surface area contributed by atoms with Crippen molar-refractivity contribution in [2.75, 3.05) is 19.7 Å². The molecule has 0 radical (unpaired) electrons. The smallest absolute Gasteiger partial charge is 0.273 e. The van der Waals surface area contributed by atoms with Gasteiger partial charge in [0.05, 0.1) is 31.1 Å². The molecule has 2 aliphatic rings. The van der Waals surface area contributed by atoms with Crippen LogP contribution in [0.25, 0.3) is 0 Å². The van der Waals surface area contributed by atoms with Gasteiger partial charge in [-0.3, -0.25) is 9.59 Å². The minimum absolute atomic E-state index is 0.0326. The molecule has 1 saturated carbocycles. The Labute approximate surface area is 235 Å². The van der Waals surface area contributed by atoms with E-state index in [2.05, 4.69) is 31.3 Å². The fraction of sp³-hybridized carbons (Fsp3) is 0.750. The van der Waals surface area contributed by atoms with Crippen LogP contribution in [0.1, 0.15) is 79.0 Å². The zero-order valence-electron chi connectivity index (χ0n) is 22.5. The third kappa shape index (κ3) is 6.63. The first-order valence-electron chi connectivity index (χ1n) is 13.6. The van der Waals surface area contributed by atoms with E-state index in [0.29, 0.717) is 25.9 Å². The zero-order valence-corrected chi connectivity index (χ0v) is 23.4. The van der Waals surface area contributed by atoms with E-state index in [1.165, 1.54) is 33.5 Å². The van der Waals surface area contributed by atoms with Gasteiger partial charge in [0.25, 0.3) is 11.8 Å². The van der Waals surface area contributed by atoms with Crippen LogP contribution in [-0.2, 0) is 4.74 Å². The number of carbonyl (C=O) groups excluding carboxylic acids is 2. The molecule has 3 heterocycles. The van der Waals surface area contributed by atoms with E-state index >= 15 is 0 Å². The summed E-state index contributed by atoms with van der Waals surface area (Å²) < 4.78 is 8.58. The second kappa shape index (κ2) is 13.8. The highest BCUT2D eigenvalue weighted by atomic mass is 32.2. The predicted octanol–water partition coefficient (Wildman–Crippen LogP) is -0.983. The molecule has 8 atom stereocenters. The molecular formula is C24H38N8O7S. The molecule has 0 aromatic carbocycles. The molecule has 4 rings (SSSR count). The number of amides is 2. The van der Waals surface area contributed by atoms with Gasteiger partial charge in [0.2, 0.25) is 0 Å². The quantitative estimate of drug-likeness (QED) is 0.189. The average Bonchev–Trinajstić information content (AvgIpc) is 3.64. The van der Waals surface area contributed by atoms with Crippen LogP contribution in [0.4, 0.5) is 0 Å². The minimum Gasteiger partial charge on any atom is -0.394 e. The van der Waals surface area contributed by atoms with Crippen LogP contribution in [0.5, 0.6) is 0 Å². The van der Waals surface area contributed by atoms with Crippen molar-refractivity contribution >= 4 is 23.6 Å². The molecule has 1 aliphatic carbocycles. The first kappa shape index (κ1) is 30.3. The Morgan fingerprint density at radius 1 is 0.950 bits per heavy atom. The number of ether oxygens (including phenoxy) is 1. The summed E-state index contributed by atoms with van der Waals surface area (Å²) in [6, 6.07) is -1.50. The molecule has 40 heavy (non-hydrogen) atoms. The lowest BCUT2D eigenvalue weighted by Crippen LogP contribution is -2.55. The molecule has 2 aromatic rings. The minimum atomic E-state index is -1.33. The fourth-order valence-corrected chi connectivity index (χ4v) is 6.47. The third-order valence-electron chi connectivity index (χ3n) is 7.12. The molecule has 222 valence electrons. The molecule has 15 nitrogen and oxygen atoms in total. The van der Waals surface area contributed by atoms with Crippen LogP contribution >= 0.6 is 11.8 Å². The molecule has 1 saturated heterocycles. The van der Waals surface area contributed by atoms with E-state index in [0.717, 1.165) is 19.3 Å². The van der Waals surface area contributed by atoms with Gasteiger partial charge in [0.1, 0.15) is 29.8 Å². The van der Waals surface area contributed by atoms with Crippen LogP contribution in [0.2, 0.25) is 0 Å². The monoisotopic (exact) mass is 582 g/mol. The molecule has 6 N–H and O–H groups in total. The molecule has 0 bridgehead atoms. The normalized spacial score (nSPS) is 30.6. The maximum Gasteiger partial charge on any atom is 0.273 e. The van der Waals surface area contributed by atoms with E-state index in [-0.39, 0.29) is 22.5 Å². The Morgan fingerprint density at radius 2 is 1.55 bits per heavy atom. The molecule has 2 fully saturated rings. The van der Waals surface area contributed by atoms with Gasteiger partial charge in [0.15, 0.2) is 11.4 Å². The number of hydrogen-bond acceptors (Lipinski definition) is 12. The van der Waals surface area contributed by atoms with Gasteiger partial charge in [-0.1, -0.05) is 30.7 Å². The first-order valence-corrected chi connectivity index (χ1v) is 14.6. The number of carbonyl (C=O) groups is 2. The number of rotatable bonds is 11. The molecule has 0 unspecified atom stereocenters. The summed E-state index contributed by atoms with van der Waals surface area (Å²) in [4.78, 5) is 24.5. The molecule has 1 aliphatic heterocycles. The number of aliphatic hydroxyl groups excluding tert-OH is 4. The van der Waals surface area contributed by atoms with Gasteiger partial charge < -0.3 is 35.8 Å². The fourth-order valence-electron chi connectivity index (χ4n) is 4.95. The molecule has 0 spiro atoms. The highest BCUT2D eigenvalue weighted by molar-refractivity contribution is 8.00. The van der Waals surface area contributed by atoms with Gasteiger partial charge in [0, 0.05) is 18.3 Å². The highest BCUT2D eigenvalue weighted by Gasteiger charge is 2.48. The number of aliphatic hydroxyl groups is 4. The van der Waals surface area contributed by atoms with Gasteiger partial charge in [-0.25, -0.2) is 9.36 Å². The van der Waals surface area contributed by atoms with E-state index in [1.807, 2.05) is 13.8 Å². The van der Waals surface area contributed by atoms with E-state index < -0.39 is 54.4 Å². The number of aromatic nitrogens is 6. The number of thioether (sulfide) groups is 1. The Kier molecular flexibility index (Phi) is 10.5. The van der Waals surface area contributed by atoms with Crippen LogP contribution in [-0.4, -0.2) is 117 Å². The van der Waals surface area contributed by atoms with E-state index in [1.54, 1.807) is 0 Å². The van der Waals surface area contributed by atoms with Crippen LogP contribution in [0.15, 0.2) is 12.4 Å². The molecular weight excluding hydrogens is 544 g/mol. The maximum atomic E-state index is 12.3. The SMILES string of the molecule is CCCNC(=O)c1cn([C@H]2[C@@H](O)[C@@H](CO)O[C@@H](S[C@@H]3CCC[C@H](n4cc(C(=O)NCCC)nn4)[C@H]3O)[C@@H]2O)nn1. The summed E-state index contributed by atoms with van der Waals surface area (Å²) >= 11 is 1.20. The van der Waals surface area contributed by atoms with Crippen LogP contribution in [0, 0.1) is 0 Å². The standard InChI is InChI=1S/C24H38N8O7S/c1-3-8-25-22(37)13-10-31(29-27-13)15-6-5-7-17(19(15)34)40-24-21(36)18(20(35)16(12-33)39-24)32-11-14(28-30-32)23(38)26-9-4-2/h10-11,15-21,24,33-36H,3-9,12H2,1-2H3,(H,25,37)(H,26,38)/t15-,16+,17+,18-,19+,20-,21+,24-/m0/s1. The van der Waals surface area contributed by atoms with Crippen molar-refractivity contribution in [3.8, 4) is 0 Å². The molecule has 2 amide bonds. The summed E-state index contributed by atoms with van der Waals surface area (Å²) in [5.41, 5.74) is -0.735. The third-order valence-corrected chi connectivity index (χ3v) is 8.65. The Morgan fingerprint density at radius 3 is 2.15 bits per heavy atom. The van der Waals surface area contributed by atoms with Gasteiger partial charge >= 0.3 is 0 Å². The lowest BCUT2D eigenvalue weighted by atomic mass is 9.92. The summed E-state index contributed by atoms with van der Waals surface area (Å²) in [6.45, 7) is 4.33. The largest absolute Gasteiger partial charge is 0.394 e. The average molecular weight is 583 g/mol. The summed E-state index contributed by atoms with van der Waals surface area (Å²) in [6.07, 6.45) is 1.80. The van der Waals surface area contributed by atoms with Gasteiger partial charge in [-0.15, -0.1) is 22.0 Å². The van der Waals surface area contributed by atoms with Gasteiger partial charge in [-0.2, -0.15) is 0 Å². The summed E-state index contributed by atoms with van der Waals surface area (Å²) in [5.74, 6) is -0.758. The lowest BCUT2D eigenvalue weighted by Gasteiger charge is -2.44. The Balaban J connectivity index is 1.47. The number of nitrogens with zero attached hydrogens (tertiary/aromatic N) is 6. The van der Waals surface area contributed by atoms with Crippen molar-refractivity contribution in [2.24, 2.45) is 0 Å². The van der Waals surface area contributed by atoms with Crippen molar-refractivity contribution in [1.82, 2.24) is 40.6 Å². The van der Waals surface area contributed by atoms with Crippen molar-refractivity contribution in [1.29, 1.82) is 0 Å². The van der Waals surface area contributed by atoms with E-state index in [4.69, 9.17) is 4.74 Å². The summed E-state index contributed by atoms with van der Waals surface area (Å²) in [5, 5.41) is 64.2. The van der Waals surface area contributed by atoms with Gasteiger partial charge in [-0.05, 0) is 25.7 Å². The summed E-state index contributed by atoms with van der Waals surface area (Å²) in [7, 11) is 0. The predicted molar refractivity (Wildman–Crippen MR) is 142 cm³/mol. The van der Waals surface area contributed by atoms with E-state index in [9.17, 15) is 30.0 Å². The maximum absolute atomic E-state index is 12.3. The Hall–Kier alpha value is -2.63. The molecule has 2 aromatic heterocycles. The van der Waals surface area contributed by atoms with Crippen LogP contribution in [0.3, 0.4) is 0 Å². The second-order valence-electron chi connectivity index (χ2n) is 10.0. The second-order valence-corrected chi connectivity index (χ2v) is 11.4. The van der Waals surface area contributed by atoms with Crippen molar-refractivity contribution in [3.63, 3.8) is 0 Å². The van der Waals surface area contributed by atoms with Crippen LogP contribution < -0.4 is 10.6 Å². The van der Waals surface area contributed by atoms with Crippen molar-refractivity contribution < 1.29 is 34.8 Å². The highest BCUT2D eigenvalue weighted by Crippen LogP contribution is 2.42. The number of hydrogen-bond donors (Lipinski definition) is 6. The van der Waals surface area contributed by atoms with Crippen molar-refractivity contribution in [3.05, 3.63) is 23.8 Å². The van der Waals surface area contributed by atoms with Crippen molar-refractivity contribution in [2.45, 2.75) is 93.1 Å². The lowest BCUT2D eigenvalue weighted by molar-refractivity contribution is -0.178. The number of nitrogens with one attached hydrogen (secondary N) is 2. The topological polar surface area (TPSA) is 210 Å². The molecule has 16 heteroatoms. The Bertz CT molecular complexity index is 1130.